The highest BCUT2D eigenvalue weighted by Gasteiger charge is 2.52. The van der Waals surface area contributed by atoms with Gasteiger partial charge >= 0.3 is 0 Å². The lowest BCUT2D eigenvalue weighted by Gasteiger charge is -2.50. The summed E-state index contributed by atoms with van der Waals surface area (Å²) in [6.07, 6.45) is 6.87. The van der Waals surface area contributed by atoms with Crippen LogP contribution in [0.2, 0.25) is 0 Å². The number of rotatable bonds is 3. The fourth-order valence-electron chi connectivity index (χ4n) is 3.46. The van der Waals surface area contributed by atoms with Crippen molar-refractivity contribution in [1.82, 2.24) is 10.2 Å². The number of carbonyl (C=O) groups excluding carboxylic acids is 2. The number of hydrogen-bond donors (Lipinski definition) is 1. The molecular weight excluding hydrogens is 264 g/mol. The number of amides is 2. The maximum atomic E-state index is 12.9. The van der Waals surface area contributed by atoms with E-state index in [4.69, 9.17) is 0 Å². The van der Waals surface area contributed by atoms with Crippen molar-refractivity contribution in [3.8, 4) is 0 Å². The van der Waals surface area contributed by atoms with Crippen LogP contribution in [0.15, 0.2) is 11.6 Å². The van der Waals surface area contributed by atoms with Gasteiger partial charge in [-0.3, -0.25) is 9.59 Å². The first-order chi connectivity index (χ1) is 9.88. The van der Waals surface area contributed by atoms with Crippen molar-refractivity contribution >= 4 is 11.8 Å². The van der Waals surface area contributed by atoms with Gasteiger partial charge in [0.05, 0.1) is 0 Å². The predicted octanol–water partition coefficient (Wildman–Crippen LogP) is 2.64. The molecule has 2 fully saturated rings. The first-order valence-electron chi connectivity index (χ1n) is 8.14. The minimum atomic E-state index is -0.604. The molecule has 118 valence electrons. The van der Waals surface area contributed by atoms with E-state index in [9.17, 15) is 9.59 Å². The van der Waals surface area contributed by atoms with Crippen molar-refractivity contribution in [2.45, 2.75) is 71.4 Å². The second-order valence-corrected chi connectivity index (χ2v) is 7.02. The van der Waals surface area contributed by atoms with Crippen molar-refractivity contribution < 1.29 is 9.59 Å². The molecule has 0 radical (unpaired) electrons. The Balaban J connectivity index is 2.34. The molecule has 1 unspecified atom stereocenters. The standard InChI is InChI=1S/C17H28N2O2/c1-12(2)8-11-19-15(20)14(13(3)4)18-16(21)17(19)9-6-5-7-10-17/h8,13-14H,5-7,9-11H2,1-4H3,(H,18,21). The summed E-state index contributed by atoms with van der Waals surface area (Å²) >= 11 is 0. The molecule has 1 heterocycles. The molecule has 4 heteroatoms. The van der Waals surface area contributed by atoms with Crippen LogP contribution in [-0.2, 0) is 9.59 Å². The van der Waals surface area contributed by atoms with E-state index in [0.29, 0.717) is 6.54 Å². The summed E-state index contributed by atoms with van der Waals surface area (Å²) < 4.78 is 0. The van der Waals surface area contributed by atoms with Crippen molar-refractivity contribution in [3.05, 3.63) is 11.6 Å². The van der Waals surface area contributed by atoms with Crippen LogP contribution in [0.4, 0.5) is 0 Å². The van der Waals surface area contributed by atoms with Gasteiger partial charge < -0.3 is 10.2 Å². The number of carbonyl (C=O) groups is 2. The molecule has 2 aliphatic rings. The van der Waals surface area contributed by atoms with E-state index < -0.39 is 5.54 Å². The number of nitrogens with one attached hydrogen (secondary N) is 1. The topological polar surface area (TPSA) is 49.4 Å². The lowest BCUT2D eigenvalue weighted by molar-refractivity contribution is -0.160. The molecule has 0 aromatic heterocycles. The van der Waals surface area contributed by atoms with E-state index >= 15 is 0 Å². The Morgan fingerprint density at radius 3 is 2.43 bits per heavy atom. The van der Waals surface area contributed by atoms with Crippen molar-refractivity contribution in [2.24, 2.45) is 5.92 Å². The number of nitrogens with zero attached hydrogens (tertiary/aromatic N) is 1. The molecule has 2 amide bonds. The summed E-state index contributed by atoms with van der Waals surface area (Å²) in [6.45, 7) is 8.59. The van der Waals surface area contributed by atoms with Gasteiger partial charge in [-0.15, -0.1) is 0 Å². The lowest BCUT2D eigenvalue weighted by atomic mass is 9.76. The van der Waals surface area contributed by atoms with Gasteiger partial charge in [-0.05, 0) is 32.6 Å². The summed E-state index contributed by atoms with van der Waals surface area (Å²) in [4.78, 5) is 27.5. The smallest absolute Gasteiger partial charge is 0.246 e. The summed E-state index contributed by atoms with van der Waals surface area (Å²) in [7, 11) is 0. The zero-order valence-corrected chi connectivity index (χ0v) is 13.7. The summed E-state index contributed by atoms with van der Waals surface area (Å²) in [6, 6.07) is -0.379. The van der Waals surface area contributed by atoms with Crippen molar-refractivity contribution in [1.29, 1.82) is 0 Å². The summed E-state index contributed by atoms with van der Waals surface area (Å²) in [5, 5.41) is 2.99. The van der Waals surface area contributed by atoms with Gasteiger partial charge in [-0.1, -0.05) is 44.8 Å². The molecule has 0 bridgehead atoms. The number of piperazine rings is 1. The van der Waals surface area contributed by atoms with Gasteiger partial charge in [0.15, 0.2) is 0 Å². The molecule has 1 aliphatic heterocycles. The van der Waals surface area contributed by atoms with Crippen LogP contribution >= 0.6 is 0 Å². The van der Waals surface area contributed by atoms with Gasteiger partial charge in [0.25, 0.3) is 0 Å². The zero-order valence-electron chi connectivity index (χ0n) is 13.7. The van der Waals surface area contributed by atoms with Gasteiger partial charge in [0.2, 0.25) is 11.8 Å². The highest BCUT2D eigenvalue weighted by atomic mass is 16.2. The van der Waals surface area contributed by atoms with Crippen LogP contribution in [0.1, 0.15) is 59.8 Å². The monoisotopic (exact) mass is 292 g/mol. The van der Waals surface area contributed by atoms with Crippen LogP contribution in [0.5, 0.6) is 0 Å². The normalized spacial score (nSPS) is 25.2. The van der Waals surface area contributed by atoms with Crippen LogP contribution < -0.4 is 5.32 Å². The SMILES string of the molecule is CC(C)=CCN1C(=O)C(C(C)C)NC(=O)C12CCCCC2. The Morgan fingerprint density at radius 1 is 1.29 bits per heavy atom. The van der Waals surface area contributed by atoms with E-state index in [0.717, 1.165) is 32.1 Å². The molecule has 1 aliphatic carbocycles. The van der Waals surface area contributed by atoms with E-state index in [2.05, 4.69) is 11.4 Å². The number of allylic oxidation sites excluding steroid dienone is 1. The van der Waals surface area contributed by atoms with Crippen LogP contribution in [-0.4, -0.2) is 34.8 Å². The Labute approximate surface area is 128 Å². The molecule has 4 nitrogen and oxygen atoms in total. The number of hydrogen-bond acceptors (Lipinski definition) is 2. The molecule has 1 atom stereocenters. The molecule has 1 N–H and O–H groups in total. The molecule has 2 rings (SSSR count). The van der Waals surface area contributed by atoms with E-state index in [1.54, 1.807) is 0 Å². The van der Waals surface area contributed by atoms with Crippen LogP contribution in [0, 0.1) is 5.92 Å². The molecule has 1 saturated heterocycles. The van der Waals surface area contributed by atoms with E-state index in [1.165, 1.54) is 5.57 Å². The first-order valence-corrected chi connectivity index (χ1v) is 8.14. The Morgan fingerprint density at radius 2 is 1.90 bits per heavy atom. The Kier molecular flexibility index (Phi) is 4.74. The fourth-order valence-corrected chi connectivity index (χ4v) is 3.46. The third kappa shape index (κ3) is 2.99. The zero-order chi connectivity index (χ0) is 15.6. The predicted molar refractivity (Wildman–Crippen MR) is 83.7 cm³/mol. The molecular formula is C17H28N2O2. The average molecular weight is 292 g/mol. The van der Waals surface area contributed by atoms with Crippen molar-refractivity contribution in [2.75, 3.05) is 6.54 Å². The minimum Gasteiger partial charge on any atom is -0.342 e. The van der Waals surface area contributed by atoms with E-state index in [1.807, 2.05) is 32.6 Å². The van der Waals surface area contributed by atoms with Gasteiger partial charge in [-0.2, -0.15) is 0 Å². The Hall–Kier alpha value is -1.32. The quantitative estimate of drug-likeness (QED) is 0.813. The largest absolute Gasteiger partial charge is 0.342 e. The minimum absolute atomic E-state index is 0.0580. The second kappa shape index (κ2) is 6.20. The lowest BCUT2D eigenvalue weighted by Crippen LogP contribution is -2.72. The first kappa shape index (κ1) is 16.1. The molecule has 21 heavy (non-hydrogen) atoms. The van der Waals surface area contributed by atoms with E-state index in [-0.39, 0.29) is 23.8 Å². The Bertz CT molecular complexity index is 444. The van der Waals surface area contributed by atoms with Crippen LogP contribution in [0.3, 0.4) is 0 Å². The molecule has 1 spiro atoms. The fraction of sp³-hybridized carbons (Fsp3) is 0.765. The third-order valence-corrected chi connectivity index (χ3v) is 4.79. The second-order valence-electron chi connectivity index (χ2n) is 7.02. The average Bonchev–Trinajstić information content (AvgIpc) is 2.43. The van der Waals surface area contributed by atoms with Gasteiger partial charge in [-0.25, -0.2) is 0 Å². The summed E-state index contributed by atoms with van der Waals surface area (Å²) in [5.41, 5.74) is 0.577. The molecule has 0 aromatic rings. The maximum Gasteiger partial charge on any atom is 0.246 e. The highest BCUT2D eigenvalue weighted by molar-refractivity contribution is 6.00. The van der Waals surface area contributed by atoms with Crippen molar-refractivity contribution in [3.63, 3.8) is 0 Å². The van der Waals surface area contributed by atoms with Crippen LogP contribution in [0.25, 0.3) is 0 Å². The highest BCUT2D eigenvalue weighted by Crippen LogP contribution is 2.37. The van der Waals surface area contributed by atoms with Gasteiger partial charge in [0.1, 0.15) is 11.6 Å². The molecule has 0 aromatic carbocycles. The molecule has 1 saturated carbocycles. The maximum absolute atomic E-state index is 12.9. The van der Waals surface area contributed by atoms with Gasteiger partial charge in [0, 0.05) is 6.54 Å². The third-order valence-electron chi connectivity index (χ3n) is 4.79. The summed E-state index contributed by atoms with van der Waals surface area (Å²) in [5.74, 6) is 0.267.